The molecule has 2 aliphatic rings. The molecule has 124 valence electrons. The van der Waals surface area contributed by atoms with Gasteiger partial charge in [0.05, 0.1) is 5.41 Å². The maximum atomic E-state index is 12.5. The standard InChI is InChI=1S/C16H30N2O2.ClH/c1-15(2)5-3-13(4-6-15)11-18-14(19)16(12-17)7-9-20-10-8-16;/h13H,3-12,17H2,1-2H3,(H,18,19);1H. The Hall–Kier alpha value is -0.320. The molecule has 21 heavy (non-hydrogen) atoms. The van der Waals surface area contributed by atoms with Crippen LogP contribution in [0, 0.1) is 16.7 Å². The summed E-state index contributed by atoms with van der Waals surface area (Å²) < 4.78 is 5.36. The first-order chi connectivity index (χ1) is 9.47. The van der Waals surface area contributed by atoms with Gasteiger partial charge in [-0.05, 0) is 49.9 Å². The monoisotopic (exact) mass is 318 g/mol. The molecule has 2 fully saturated rings. The van der Waals surface area contributed by atoms with E-state index in [9.17, 15) is 4.79 Å². The van der Waals surface area contributed by atoms with E-state index in [1.165, 1.54) is 25.7 Å². The van der Waals surface area contributed by atoms with Crippen LogP contribution in [0.2, 0.25) is 0 Å². The number of hydrogen-bond donors (Lipinski definition) is 2. The normalized spacial score (nSPS) is 24.9. The lowest BCUT2D eigenvalue weighted by Gasteiger charge is -2.37. The second-order valence-corrected chi connectivity index (χ2v) is 7.41. The highest BCUT2D eigenvalue weighted by molar-refractivity contribution is 5.85. The topological polar surface area (TPSA) is 64.4 Å². The molecular formula is C16H31ClN2O2. The average molecular weight is 319 g/mol. The van der Waals surface area contributed by atoms with E-state index in [0.717, 1.165) is 19.4 Å². The zero-order valence-electron chi connectivity index (χ0n) is 13.5. The minimum absolute atomic E-state index is 0. The summed E-state index contributed by atoms with van der Waals surface area (Å²) in [7, 11) is 0. The molecule has 3 N–H and O–H groups in total. The molecule has 1 heterocycles. The van der Waals surface area contributed by atoms with Crippen LogP contribution in [-0.2, 0) is 9.53 Å². The molecule has 1 aliphatic heterocycles. The van der Waals surface area contributed by atoms with E-state index in [-0.39, 0.29) is 23.7 Å². The van der Waals surface area contributed by atoms with Crippen molar-refractivity contribution < 1.29 is 9.53 Å². The number of hydrogen-bond acceptors (Lipinski definition) is 3. The summed E-state index contributed by atoms with van der Waals surface area (Å²) in [5.74, 6) is 0.787. The maximum absolute atomic E-state index is 12.5. The quantitative estimate of drug-likeness (QED) is 0.837. The van der Waals surface area contributed by atoms with Gasteiger partial charge in [-0.2, -0.15) is 0 Å². The highest BCUT2D eigenvalue weighted by atomic mass is 35.5. The van der Waals surface area contributed by atoms with Crippen molar-refractivity contribution in [2.24, 2.45) is 22.5 Å². The molecular weight excluding hydrogens is 288 g/mol. The lowest BCUT2D eigenvalue weighted by Crippen LogP contribution is -2.50. The zero-order valence-corrected chi connectivity index (χ0v) is 14.3. The zero-order chi connectivity index (χ0) is 14.6. The van der Waals surface area contributed by atoms with Crippen molar-refractivity contribution in [3.8, 4) is 0 Å². The second kappa shape index (κ2) is 7.80. The SMILES string of the molecule is CC1(C)CCC(CNC(=O)C2(CN)CCOCC2)CC1.Cl. The van der Waals surface area contributed by atoms with Crippen molar-refractivity contribution in [2.45, 2.75) is 52.4 Å². The number of nitrogens with one attached hydrogen (secondary N) is 1. The number of halogens is 1. The minimum atomic E-state index is -0.383. The van der Waals surface area contributed by atoms with Gasteiger partial charge in [0, 0.05) is 26.3 Å². The Labute approximate surface area is 135 Å². The van der Waals surface area contributed by atoms with Gasteiger partial charge in [-0.3, -0.25) is 4.79 Å². The third kappa shape index (κ3) is 4.83. The first kappa shape index (κ1) is 18.7. The molecule has 0 aromatic heterocycles. The van der Waals surface area contributed by atoms with Crippen molar-refractivity contribution in [2.75, 3.05) is 26.3 Å². The van der Waals surface area contributed by atoms with Crippen LogP contribution in [0.4, 0.5) is 0 Å². The van der Waals surface area contributed by atoms with Crippen molar-refractivity contribution >= 4 is 18.3 Å². The van der Waals surface area contributed by atoms with Crippen LogP contribution >= 0.6 is 12.4 Å². The lowest BCUT2D eigenvalue weighted by atomic mass is 9.73. The van der Waals surface area contributed by atoms with Crippen LogP contribution in [-0.4, -0.2) is 32.2 Å². The number of carbonyl (C=O) groups excluding carboxylic acids is 1. The van der Waals surface area contributed by atoms with Crippen LogP contribution in [0.25, 0.3) is 0 Å². The van der Waals surface area contributed by atoms with Crippen molar-refractivity contribution in [3.05, 3.63) is 0 Å². The maximum Gasteiger partial charge on any atom is 0.227 e. The van der Waals surface area contributed by atoms with Crippen molar-refractivity contribution in [1.82, 2.24) is 5.32 Å². The van der Waals surface area contributed by atoms with Gasteiger partial charge in [0.1, 0.15) is 0 Å². The predicted octanol–water partition coefficient (Wildman–Crippen LogP) is 2.50. The Balaban J connectivity index is 0.00000220. The largest absolute Gasteiger partial charge is 0.381 e. The van der Waals surface area contributed by atoms with Gasteiger partial charge < -0.3 is 15.8 Å². The predicted molar refractivity (Wildman–Crippen MR) is 87.5 cm³/mol. The first-order valence-corrected chi connectivity index (χ1v) is 8.04. The summed E-state index contributed by atoms with van der Waals surface area (Å²) in [4.78, 5) is 12.5. The third-order valence-corrected chi connectivity index (χ3v) is 5.33. The smallest absolute Gasteiger partial charge is 0.227 e. The highest BCUT2D eigenvalue weighted by Crippen LogP contribution is 2.38. The van der Waals surface area contributed by atoms with Gasteiger partial charge in [-0.25, -0.2) is 0 Å². The fourth-order valence-electron chi connectivity index (χ4n) is 3.37. The lowest BCUT2D eigenvalue weighted by molar-refractivity contribution is -0.136. The molecule has 0 unspecified atom stereocenters. The number of rotatable bonds is 4. The minimum Gasteiger partial charge on any atom is -0.381 e. The summed E-state index contributed by atoms with van der Waals surface area (Å²) in [5, 5.41) is 3.17. The summed E-state index contributed by atoms with van der Waals surface area (Å²) in [6.07, 6.45) is 6.50. The summed E-state index contributed by atoms with van der Waals surface area (Å²) in [5.41, 5.74) is 5.97. The van der Waals surface area contributed by atoms with E-state index in [0.29, 0.717) is 31.1 Å². The molecule has 0 bridgehead atoms. The first-order valence-electron chi connectivity index (χ1n) is 8.04. The molecule has 1 saturated carbocycles. The number of carbonyl (C=O) groups is 1. The molecule has 0 spiro atoms. The van der Waals surface area contributed by atoms with Crippen LogP contribution in [0.5, 0.6) is 0 Å². The molecule has 1 saturated heterocycles. The fraction of sp³-hybridized carbons (Fsp3) is 0.938. The summed E-state index contributed by atoms with van der Waals surface area (Å²) in [6, 6.07) is 0. The van der Waals surface area contributed by atoms with E-state index >= 15 is 0 Å². The number of amides is 1. The molecule has 0 atom stereocenters. The van der Waals surface area contributed by atoms with E-state index in [1.54, 1.807) is 0 Å². The van der Waals surface area contributed by atoms with Gasteiger partial charge in [-0.1, -0.05) is 13.8 Å². The van der Waals surface area contributed by atoms with Gasteiger partial charge >= 0.3 is 0 Å². The molecule has 0 aromatic rings. The summed E-state index contributed by atoms with van der Waals surface area (Å²) >= 11 is 0. The van der Waals surface area contributed by atoms with E-state index in [2.05, 4.69) is 19.2 Å². The Kier molecular flexibility index (Phi) is 6.95. The molecule has 1 amide bonds. The number of nitrogens with two attached hydrogens (primary N) is 1. The van der Waals surface area contributed by atoms with Gasteiger partial charge in [0.2, 0.25) is 5.91 Å². The Morgan fingerprint density at radius 2 is 1.76 bits per heavy atom. The van der Waals surface area contributed by atoms with Crippen LogP contribution in [0.3, 0.4) is 0 Å². The molecule has 0 radical (unpaired) electrons. The Morgan fingerprint density at radius 3 is 2.29 bits per heavy atom. The molecule has 1 aliphatic carbocycles. The van der Waals surface area contributed by atoms with Gasteiger partial charge in [-0.15, -0.1) is 12.4 Å². The second-order valence-electron chi connectivity index (χ2n) is 7.41. The van der Waals surface area contributed by atoms with Gasteiger partial charge in [0.25, 0.3) is 0 Å². The van der Waals surface area contributed by atoms with E-state index in [1.807, 2.05) is 0 Å². The highest BCUT2D eigenvalue weighted by Gasteiger charge is 2.39. The molecule has 5 heteroatoms. The molecule has 4 nitrogen and oxygen atoms in total. The molecule has 0 aromatic carbocycles. The van der Waals surface area contributed by atoms with Crippen LogP contribution in [0.15, 0.2) is 0 Å². The number of ether oxygens (including phenoxy) is 1. The Morgan fingerprint density at radius 1 is 1.19 bits per heavy atom. The van der Waals surface area contributed by atoms with E-state index < -0.39 is 0 Å². The van der Waals surface area contributed by atoms with Gasteiger partial charge in [0.15, 0.2) is 0 Å². The van der Waals surface area contributed by atoms with E-state index in [4.69, 9.17) is 10.5 Å². The fourth-order valence-corrected chi connectivity index (χ4v) is 3.37. The van der Waals surface area contributed by atoms with Crippen LogP contribution in [0.1, 0.15) is 52.4 Å². The Bertz CT molecular complexity index is 331. The summed E-state index contributed by atoms with van der Waals surface area (Å²) in [6.45, 7) is 7.24. The van der Waals surface area contributed by atoms with Crippen molar-refractivity contribution in [3.63, 3.8) is 0 Å². The van der Waals surface area contributed by atoms with Crippen molar-refractivity contribution in [1.29, 1.82) is 0 Å². The third-order valence-electron chi connectivity index (χ3n) is 5.33. The average Bonchev–Trinajstić information content (AvgIpc) is 2.46. The van der Waals surface area contributed by atoms with Crippen LogP contribution < -0.4 is 11.1 Å². The molecule has 2 rings (SSSR count).